The van der Waals surface area contributed by atoms with E-state index in [1.807, 2.05) is 37.3 Å². The van der Waals surface area contributed by atoms with E-state index < -0.39 is 43.0 Å². The molecule has 0 aliphatic carbocycles. The third-order valence-electron chi connectivity index (χ3n) is 7.55. The maximum absolute atomic E-state index is 13.4. The summed E-state index contributed by atoms with van der Waals surface area (Å²) in [5.74, 6) is -2.11. The van der Waals surface area contributed by atoms with Crippen molar-refractivity contribution in [2.45, 2.75) is 30.6 Å². The van der Waals surface area contributed by atoms with Crippen molar-refractivity contribution in [1.29, 1.82) is 0 Å². The number of nitrogens with one attached hydrogen (secondary N) is 3. The fourth-order valence-electron chi connectivity index (χ4n) is 5.24. The van der Waals surface area contributed by atoms with Gasteiger partial charge in [0.15, 0.2) is 20.3 Å². The number of nitrogens with zero attached hydrogens (tertiary/aromatic N) is 1. The Hall–Kier alpha value is -4.19. The number of hydrogen-bond acceptors (Lipinski definition) is 9. The number of benzene rings is 2. The molecule has 2 amide bonds. The Labute approximate surface area is 224 Å². The Morgan fingerprint density at radius 2 is 1.79 bits per heavy atom. The lowest BCUT2D eigenvalue weighted by Crippen LogP contribution is -2.60. The fourth-order valence-corrected chi connectivity index (χ4v) is 7.21. The standard InChI is InChI=1S/C27H28N4O7S/c1-2-18(16-7-4-3-5-8-16)29-20-21(24(34)23(20)33)30-19-10-6-9-17(22(19)32)25(35)31-13-14-39(37,38)27(15-31)11-12-28-26(27)36/h3-10,18,29-30,32H,2,11-15H2,1H3,(H,28,36)/t18-,27?/m1/s1. The van der Waals surface area contributed by atoms with Crippen molar-refractivity contribution in [3.05, 3.63) is 80.1 Å². The van der Waals surface area contributed by atoms with Crippen LogP contribution in [0, 0.1) is 0 Å². The van der Waals surface area contributed by atoms with Gasteiger partial charge in [-0.1, -0.05) is 43.3 Å². The highest BCUT2D eigenvalue weighted by Gasteiger charge is 2.57. The predicted molar refractivity (Wildman–Crippen MR) is 146 cm³/mol. The van der Waals surface area contributed by atoms with Gasteiger partial charge in [0.2, 0.25) is 5.91 Å². The van der Waals surface area contributed by atoms with Crippen molar-refractivity contribution < 1.29 is 23.1 Å². The van der Waals surface area contributed by atoms with Crippen molar-refractivity contribution in [1.82, 2.24) is 10.2 Å². The highest BCUT2D eigenvalue weighted by atomic mass is 32.2. The van der Waals surface area contributed by atoms with E-state index in [0.717, 1.165) is 5.56 Å². The Bertz CT molecular complexity index is 1630. The second-order valence-corrected chi connectivity index (χ2v) is 12.2. The minimum Gasteiger partial charge on any atom is -0.505 e. The van der Waals surface area contributed by atoms with Gasteiger partial charge in [0.05, 0.1) is 23.0 Å². The molecule has 0 radical (unpaired) electrons. The van der Waals surface area contributed by atoms with Gasteiger partial charge < -0.3 is 26.0 Å². The largest absolute Gasteiger partial charge is 0.505 e. The fraction of sp³-hybridized carbons (Fsp3) is 0.333. The van der Waals surface area contributed by atoms with E-state index >= 15 is 0 Å². The van der Waals surface area contributed by atoms with Crippen molar-refractivity contribution in [2.24, 2.45) is 0 Å². The maximum atomic E-state index is 13.4. The maximum Gasteiger partial charge on any atom is 0.257 e. The van der Waals surface area contributed by atoms with E-state index in [9.17, 15) is 32.7 Å². The second-order valence-electron chi connectivity index (χ2n) is 9.80. The van der Waals surface area contributed by atoms with Crippen LogP contribution in [0.3, 0.4) is 0 Å². The summed E-state index contributed by atoms with van der Waals surface area (Å²) >= 11 is 0. The van der Waals surface area contributed by atoms with Gasteiger partial charge in [0, 0.05) is 19.6 Å². The zero-order chi connectivity index (χ0) is 27.9. The molecule has 2 heterocycles. The van der Waals surface area contributed by atoms with E-state index in [1.54, 1.807) is 0 Å². The van der Waals surface area contributed by atoms with Crippen molar-refractivity contribution in [3.8, 4) is 5.75 Å². The van der Waals surface area contributed by atoms with Gasteiger partial charge in [0.25, 0.3) is 16.8 Å². The molecule has 1 spiro atoms. The van der Waals surface area contributed by atoms with E-state index in [4.69, 9.17) is 0 Å². The summed E-state index contributed by atoms with van der Waals surface area (Å²) in [5, 5.41) is 19.4. The molecule has 2 aliphatic rings. The number of rotatable bonds is 7. The quantitative estimate of drug-likeness (QED) is 0.251. The zero-order valence-corrected chi connectivity index (χ0v) is 22.0. The average molecular weight is 553 g/mol. The molecule has 3 aromatic rings. The summed E-state index contributed by atoms with van der Waals surface area (Å²) in [4.78, 5) is 51.9. The highest BCUT2D eigenvalue weighted by Crippen LogP contribution is 2.36. The number of sulfone groups is 1. The number of hydrogen-bond donors (Lipinski definition) is 4. The minimum atomic E-state index is -3.76. The van der Waals surface area contributed by atoms with Crippen LogP contribution in [-0.2, 0) is 14.6 Å². The molecule has 2 aliphatic heterocycles. The smallest absolute Gasteiger partial charge is 0.257 e. The second kappa shape index (κ2) is 9.84. The van der Waals surface area contributed by atoms with E-state index in [0.29, 0.717) is 6.42 Å². The molecule has 3 aromatic carbocycles. The van der Waals surface area contributed by atoms with Crippen LogP contribution in [0.15, 0.2) is 58.1 Å². The van der Waals surface area contributed by atoms with Crippen LogP contribution in [-0.4, -0.2) is 60.4 Å². The van der Waals surface area contributed by atoms with Gasteiger partial charge in [-0.2, -0.15) is 0 Å². The minimum absolute atomic E-state index is 0.0278. The normalized spacial score (nSPS) is 21.1. The Balaban J connectivity index is 1.39. The van der Waals surface area contributed by atoms with Gasteiger partial charge in [-0.05, 0) is 30.5 Å². The summed E-state index contributed by atoms with van der Waals surface area (Å²) in [6.07, 6.45) is 0.704. The number of phenols is 1. The Morgan fingerprint density at radius 3 is 2.46 bits per heavy atom. The summed E-state index contributed by atoms with van der Waals surface area (Å²) in [5.41, 5.74) is -0.549. The molecule has 0 aromatic heterocycles. The van der Waals surface area contributed by atoms with Crippen molar-refractivity contribution >= 4 is 38.7 Å². The number of carbonyl (C=O) groups excluding carboxylic acids is 2. The van der Waals surface area contributed by atoms with E-state index in [2.05, 4.69) is 16.0 Å². The lowest BCUT2D eigenvalue weighted by Gasteiger charge is -2.38. The summed E-state index contributed by atoms with van der Waals surface area (Å²) in [6.45, 7) is 1.69. The molecular weight excluding hydrogens is 524 g/mol. The third-order valence-corrected chi connectivity index (χ3v) is 9.98. The number of carbonyl (C=O) groups is 2. The molecule has 2 atom stereocenters. The van der Waals surface area contributed by atoms with E-state index in [1.165, 1.54) is 23.1 Å². The molecule has 2 saturated heterocycles. The lowest BCUT2D eigenvalue weighted by atomic mass is 10.0. The first-order valence-electron chi connectivity index (χ1n) is 12.6. The summed E-state index contributed by atoms with van der Waals surface area (Å²) < 4.78 is 23.8. The topological polar surface area (TPSA) is 162 Å². The SMILES string of the molecule is CC[C@@H](Nc1c(Nc2cccc(C(=O)N3CCS(=O)(=O)C4(CCNC4=O)C3)c2O)c(=O)c1=O)c1ccccc1. The molecule has 11 nitrogen and oxygen atoms in total. The molecule has 5 rings (SSSR count). The number of aromatic hydroxyl groups is 1. The van der Waals surface area contributed by atoms with E-state index in [-0.39, 0.29) is 60.5 Å². The molecule has 2 fully saturated rings. The van der Waals surface area contributed by atoms with Crippen molar-refractivity contribution in [2.75, 3.05) is 36.0 Å². The first-order valence-corrected chi connectivity index (χ1v) is 14.3. The van der Waals surface area contributed by atoms with Crippen molar-refractivity contribution in [3.63, 3.8) is 0 Å². The molecule has 4 N–H and O–H groups in total. The molecule has 12 heteroatoms. The lowest BCUT2D eigenvalue weighted by molar-refractivity contribution is -0.121. The summed E-state index contributed by atoms with van der Waals surface area (Å²) in [7, 11) is -3.76. The van der Waals surface area contributed by atoms with Gasteiger partial charge in [-0.15, -0.1) is 0 Å². The van der Waals surface area contributed by atoms with Crippen LogP contribution in [0.2, 0.25) is 0 Å². The molecule has 39 heavy (non-hydrogen) atoms. The van der Waals surface area contributed by atoms with Crippen LogP contribution >= 0.6 is 0 Å². The highest BCUT2D eigenvalue weighted by molar-refractivity contribution is 7.93. The number of para-hydroxylation sites is 1. The van der Waals surface area contributed by atoms with Crippen LogP contribution in [0.4, 0.5) is 17.1 Å². The van der Waals surface area contributed by atoms with Crippen LogP contribution in [0.5, 0.6) is 5.75 Å². The van der Waals surface area contributed by atoms with Gasteiger partial charge in [0.1, 0.15) is 11.4 Å². The van der Waals surface area contributed by atoms with Crippen LogP contribution in [0.1, 0.15) is 41.7 Å². The molecular formula is C27H28N4O7S. The number of phenolic OH excluding ortho intramolecular Hbond substituents is 1. The number of anilines is 3. The zero-order valence-electron chi connectivity index (χ0n) is 21.2. The molecule has 204 valence electrons. The monoisotopic (exact) mass is 552 g/mol. The first-order chi connectivity index (χ1) is 18.6. The van der Waals surface area contributed by atoms with Crippen LogP contribution < -0.4 is 26.8 Å². The summed E-state index contributed by atoms with van der Waals surface area (Å²) in [6, 6.07) is 13.5. The molecule has 0 saturated carbocycles. The predicted octanol–water partition coefficient (Wildman–Crippen LogP) is 1.42. The van der Waals surface area contributed by atoms with Gasteiger partial charge in [-0.25, -0.2) is 8.42 Å². The Kier molecular flexibility index (Phi) is 6.67. The third kappa shape index (κ3) is 4.34. The average Bonchev–Trinajstić information content (AvgIpc) is 3.31. The molecule has 0 bridgehead atoms. The van der Waals surface area contributed by atoms with Crippen LogP contribution in [0.25, 0.3) is 0 Å². The first kappa shape index (κ1) is 26.4. The van der Waals surface area contributed by atoms with Gasteiger partial charge in [-0.3, -0.25) is 19.2 Å². The Morgan fingerprint density at radius 1 is 1.08 bits per heavy atom. The molecule has 1 unspecified atom stereocenters. The van der Waals surface area contributed by atoms with Gasteiger partial charge >= 0.3 is 0 Å². The number of amides is 2.